The average molecular weight is 320 g/mol. The van der Waals surface area contributed by atoms with E-state index in [9.17, 15) is 10.1 Å². The van der Waals surface area contributed by atoms with Crippen LogP contribution in [0.3, 0.4) is 0 Å². The largest absolute Gasteiger partial charge is 0.335 e. The Hall–Kier alpha value is -2.46. The molecule has 8 nitrogen and oxygen atoms in total. The van der Waals surface area contributed by atoms with Crippen LogP contribution < -0.4 is 5.84 Å². The van der Waals surface area contributed by atoms with E-state index in [1.807, 2.05) is 17.5 Å². The van der Waals surface area contributed by atoms with E-state index in [-0.39, 0.29) is 5.69 Å². The van der Waals surface area contributed by atoms with Gasteiger partial charge in [0, 0.05) is 6.07 Å². The van der Waals surface area contributed by atoms with Gasteiger partial charge in [-0.2, -0.15) is 0 Å². The van der Waals surface area contributed by atoms with Gasteiger partial charge in [0.1, 0.15) is 11.2 Å². The van der Waals surface area contributed by atoms with Crippen LogP contribution in [0.25, 0.3) is 10.7 Å². The first-order chi connectivity index (χ1) is 10.1. The quantitative estimate of drug-likeness (QED) is 0.445. The Kier molecular flexibility index (Phi) is 3.54. The lowest BCUT2D eigenvalue weighted by atomic mass is 10.4. The SMILES string of the molecule is Nn1c(Sc2ccc([N+](=O)[O-])cn2)nnc1-c1cccs1. The lowest BCUT2D eigenvalue weighted by Crippen LogP contribution is -2.11. The number of nitrogen functional groups attached to an aromatic ring is 1. The van der Waals surface area contributed by atoms with Crippen molar-refractivity contribution in [1.29, 1.82) is 0 Å². The van der Waals surface area contributed by atoms with E-state index < -0.39 is 4.92 Å². The normalized spacial score (nSPS) is 10.7. The monoisotopic (exact) mass is 320 g/mol. The lowest BCUT2D eigenvalue weighted by Gasteiger charge is -2.01. The maximum Gasteiger partial charge on any atom is 0.287 e. The second-order valence-corrected chi connectivity index (χ2v) is 5.80. The molecule has 3 aromatic heterocycles. The molecule has 3 rings (SSSR count). The molecule has 0 bridgehead atoms. The molecule has 0 aliphatic carbocycles. The maximum atomic E-state index is 10.6. The van der Waals surface area contributed by atoms with Gasteiger partial charge in [-0.1, -0.05) is 6.07 Å². The fourth-order valence-corrected chi connectivity index (χ4v) is 2.96. The van der Waals surface area contributed by atoms with Crippen molar-refractivity contribution < 1.29 is 4.92 Å². The Labute approximate surface area is 126 Å². The van der Waals surface area contributed by atoms with Crippen molar-refractivity contribution in [1.82, 2.24) is 19.9 Å². The predicted octanol–water partition coefficient (Wildman–Crippen LogP) is 2.17. The third kappa shape index (κ3) is 2.71. The molecule has 0 spiro atoms. The van der Waals surface area contributed by atoms with Crippen molar-refractivity contribution >= 4 is 28.8 Å². The van der Waals surface area contributed by atoms with Crippen molar-refractivity contribution in [3.05, 3.63) is 46.0 Å². The number of thiophene rings is 1. The summed E-state index contributed by atoms with van der Waals surface area (Å²) >= 11 is 2.70. The predicted molar refractivity (Wildman–Crippen MR) is 78.5 cm³/mol. The maximum absolute atomic E-state index is 10.6. The Balaban J connectivity index is 1.84. The molecule has 0 saturated carbocycles. The average Bonchev–Trinajstić information content (AvgIpc) is 3.10. The van der Waals surface area contributed by atoms with Gasteiger partial charge in [0.15, 0.2) is 5.82 Å². The Morgan fingerprint density at radius 2 is 2.19 bits per heavy atom. The van der Waals surface area contributed by atoms with Gasteiger partial charge in [-0.05, 0) is 29.3 Å². The number of aromatic nitrogens is 4. The van der Waals surface area contributed by atoms with E-state index in [1.165, 1.54) is 40.0 Å². The van der Waals surface area contributed by atoms with Crippen molar-refractivity contribution in [2.45, 2.75) is 10.2 Å². The van der Waals surface area contributed by atoms with Crippen molar-refractivity contribution in [2.24, 2.45) is 0 Å². The molecule has 0 aliphatic heterocycles. The van der Waals surface area contributed by atoms with Crippen LogP contribution in [0.2, 0.25) is 0 Å². The summed E-state index contributed by atoms with van der Waals surface area (Å²) in [6, 6.07) is 6.73. The fourth-order valence-electron chi connectivity index (χ4n) is 1.55. The zero-order valence-corrected chi connectivity index (χ0v) is 12.0. The number of pyridine rings is 1. The first-order valence-corrected chi connectivity index (χ1v) is 7.37. The summed E-state index contributed by atoms with van der Waals surface area (Å²) in [5.74, 6) is 6.53. The molecular weight excluding hydrogens is 312 g/mol. The van der Waals surface area contributed by atoms with Crippen molar-refractivity contribution in [3.8, 4) is 10.7 Å². The van der Waals surface area contributed by atoms with E-state index in [0.717, 1.165) is 4.88 Å². The van der Waals surface area contributed by atoms with Gasteiger partial charge in [0.05, 0.1) is 9.80 Å². The minimum atomic E-state index is -0.498. The second kappa shape index (κ2) is 5.50. The van der Waals surface area contributed by atoms with Crippen LogP contribution in [0.15, 0.2) is 46.0 Å². The number of nitrogens with two attached hydrogens (primary N) is 1. The zero-order valence-electron chi connectivity index (χ0n) is 10.4. The Bertz CT molecular complexity index is 769. The summed E-state index contributed by atoms with van der Waals surface area (Å²) in [5.41, 5.74) is -0.0622. The molecule has 3 heterocycles. The van der Waals surface area contributed by atoms with Gasteiger partial charge in [-0.3, -0.25) is 10.1 Å². The number of hydrogen-bond acceptors (Lipinski definition) is 8. The minimum absolute atomic E-state index is 0.0622. The van der Waals surface area contributed by atoms with Crippen LogP contribution in [0.1, 0.15) is 0 Å². The zero-order chi connectivity index (χ0) is 14.8. The van der Waals surface area contributed by atoms with Gasteiger partial charge in [-0.15, -0.1) is 21.5 Å². The first-order valence-electron chi connectivity index (χ1n) is 5.68. The summed E-state index contributed by atoms with van der Waals surface area (Å²) in [4.78, 5) is 15.0. The third-order valence-corrected chi connectivity index (χ3v) is 4.31. The van der Waals surface area contributed by atoms with E-state index in [2.05, 4.69) is 15.2 Å². The highest BCUT2D eigenvalue weighted by Gasteiger charge is 2.14. The summed E-state index contributed by atoms with van der Waals surface area (Å²) in [7, 11) is 0. The van der Waals surface area contributed by atoms with E-state index in [4.69, 9.17) is 5.84 Å². The lowest BCUT2D eigenvalue weighted by molar-refractivity contribution is -0.385. The first kappa shape index (κ1) is 13.5. The molecule has 0 amide bonds. The van der Waals surface area contributed by atoms with Gasteiger partial charge < -0.3 is 5.84 Å². The molecule has 0 fully saturated rings. The topological polar surface area (TPSA) is 113 Å². The van der Waals surface area contributed by atoms with Crippen LogP contribution in [0.5, 0.6) is 0 Å². The van der Waals surface area contributed by atoms with E-state index >= 15 is 0 Å². The Morgan fingerprint density at radius 3 is 2.81 bits per heavy atom. The van der Waals surface area contributed by atoms with Gasteiger partial charge in [0.2, 0.25) is 5.16 Å². The fraction of sp³-hybridized carbons (Fsp3) is 0. The van der Waals surface area contributed by atoms with Crippen LogP contribution in [-0.4, -0.2) is 24.8 Å². The number of rotatable bonds is 4. The summed E-state index contributed by atoms with van der Waals surface area (Å²) < 4.78 is 1.37. The highest BCUT2D eigenvalue weighted by Crippen LogP contribution is 2.28. The van der Waals surface area contributed by atoms with Gasteiger partial charge >= 0.3 is 0 Å². The summed E-state index contributed by atoms with van der Waals surface area (Å²) in [5, 5.41) is 21.6. The smallest absolute Gasteiger partial charge is 0.287 e. The molecule has 0 atom stereocenters. The van der Waals surface area contributed by atoms with Gasteiger partial charge in [-0.25, -0.2) is 9.66 Å². The molecule has 0 unspecified atom stereocenters. The molecular formula is C11H8N6O2S2. The minimum Gasteiger partial charge on any atom is -0.335 e. The van der Waals surface area contributed by atoms with Gasteiger partial charge in [0.25, 0.3) is 5.69 Å². The summed E-state index contributed by atoms with van der Waals surface area (Å²) in [6.07, 6.45) is 1.19. The van der Waals surface area contributed by atoms with Crippen LogP contribution in [-0.2, 0) is 0 Å². The number of hydrogen-bond donors (Lipinski definition) is 1. The van der Waals surface area contributed by atoms with Crippen molar-refractivity contribution in [3.63, 3.8) is 0 Å². The highest BCUT2D eigenvalue weighted by molar-refractivity contribution is 7.99. The molecule has 0 aromatic carbocycles. The molecule has 0 radical (unpaired) electrons. The van der Waals surface area contributed by atoms with Crippen LogP contribution >= 0.6 is 23.1 Å². The molecule has 3 aromatic rings. The van der Waals surface area contributed by atoms with E-state index in [0.29, 0.717) is 16.0 Å². The van der Waals surface area contributed by atoms with Crippen molar-refractivity contribution in [2.75, 3.05) is 5.84 Å². The van der Waals surface area contributed by atoms with Crippen LogP contribution in [0.4, 0.5) is 5.69 Å². The second-order valence-electron chi connectivity index (χ2n) is 3.87. The molecule has 0 saturated heterocycles. The molecule has 10 heteroatoms. The number of nitro groups is 1. The molecule has 2 N–H and O–H groups in total. The number of nitrogens with zero attached hydrogens (tertiary/aromatic N) is 5. The third-order valence-electron chi connectivity index (χ3n) is 2.53. The Morgan fingerprint density at radius 1 is 1.33 bits per heavy atom. The molecule has 106 valence electrons. The molecule has 0 aliphatic rings. The van der Waals surface area contributed by atoms with E-state index in [1.54, 1.807) is 6.07 Å². The molecule has 21 heavy (non-hydrogen) atoms. The summed E-state index contributed by atoms with van der Waals surface area (Å²) in [6.45, 7) is 0. The van der Waals surface area contributed by atoms with Crippen LogP contribution in [0, 0.1) is 10.1 Å². The highest BCUT2D eigenvalue weighted by atomic mass is 32.2. The standard InChI is InChI=1S/C11H8N6O2S2/c12-16-10(8-2-1-5-20-8)14-15-11(16)21-9-4-3-7(6-13-9)17(18)19/h1-6H,12H2.